The number of nitrogens with zero attached hydrogens (tertiary/aromatic N) is 2. The molecule has 2 atom stereocenters. The summed E-state index contributed by atoms with van der Waals surface area (Å²) in [6.07, 6.45) is 2.59. The highest BCUT2D eigenvalue weighted by Crippen LogP contribution is 2.46. The average Bonchev–Trinajstić information content (AvgIpc) is 3.00. The van der Waals surface area contributed by atoms with Gasteiger partial charge in [0.2, 0.25) is 11.8 Å². The van der Waals surface area contributed by atoms with Crippen molar-refractivity contribution in [1.82, 2.24) is 0 Å². The lowest BCUT2D eigenvalue weighted by Gasteiger charge is -2.19. The quantitative estimate of drug-likeness (QED) is 0.664. The average molecular weight is 283 g/mol. The minimum atomic E-state index is -0.197. The van der Waals surface area contributed by atoms with Crippen LogP contribution < -0.4 is 10.6 Å². The third-order valence-corrected chi connectivity index (χ3v) is 4.71. The number of benzene rings is 1. The van der Waals surface area contributed by atoms with Crippen molar-refractivity contribution >= 4 is 23.2 Å². The fraction of sp³-hybridized carbons (Fsp3) is 0.438. The number of rotatable bonds is 2. The van der Waals surface area contributed by atoms with Crippen LogP contribution in [0.1, 0.15) is 31.7 Å². The van der Waals surface area contributed by atoms with Gasteiger partial charge in [0, 0.05) is 0 Å². The van der Waals surface area contributed by atoms with E-state index in [2.05, 4.69) is 6.92 Å². The van der Waals surface area contributed by atoms with Crippen LogP contribution in [0.3, 0.4) is 0 Å². The highest BCUT2D eigenvalue weighted by Gasteiger charge is 2.53. The summed E-state index contributed by atoms with van der Waals surface area (Å²) >= 11 is 0. The zero-order valence-electron chi connectivity index (χ0n) is 11.9. The van der Waals surface area contributed by atoms with Gasteiger partial charge in [0.1, 0.15) is 0 Å². The topological polar surface area (TPSA) is 87.2 Å². The van der Waals surface area contributed by atoms with Gasteiger partial charge >= 0.3 is 0 Å². The second-order valence-electron chi connectivity index (χ2n) is 5.86. The molecular formula is C16H17N3O2. The van der Waals surface area contributed by atoms with Crippen molar-refractivity contribution in [1.29, 1.82) is 5.26 Å². The Morgan fingerprint density at radius 3 is 2.38 bits per heavy atom. The van der Waals surface area contributed by atoms with Crippen LogP contribution in [0.15, 0.2) is 18.2 Å². The van der Waals surface area contributed by atoms with Gasteiger partial charge in [0.25, 0.3) is 0 Å². The van der Waals surface area contributed by atoms with Crippen LogP contribution >= 0.6 is 0 Å². The summed E-state index contributed by atoms with van der Waals surface area (Å²) in [6, 6.07) is 6.66. The zero-order chi connectivity index (χ0) is 15.1. The number of nitrogens with two attached hydrogens (primary N) is 1. The van der Waals surface area contributed by atoms with E-state index in [1.54, 1.807) is 12.1 Å². The number of hydrogen-bond acceptors (Lipinski definition) is 4. The number of amides is 2. The van der Waals surface area contributed by atoms with Crippen LogP contribution in [0.2, 0.25) is 0 Å². The molecule has 1 aliphatic heterocycles. The Kier molecular flexibility index (Phi) is 3.17. The molecule has 2 aliphatic rings. The van der Waals surface area contributed by atoms with Gasteiger partial charge in [0.15, 0.2) is 0 Å². The molecule has 1 saturated heterocycles. The number of carbonyl (C=O) groups is 2. The van der Waals surface area contributed by atoms with Gasteiger partial charge in [0.05, 0.1) is 34.8 Å². The molecule has 21 heavy (non-hydrogen) atoms. The molecule has 0 bridgehead atoms. The van der Waals surface area contributed by atoms with Crippen molar-refractivity contribution < 1.29 is 9.59 Å². The highest BCUT2D eigenvalue weighted by atomic mass is 16.2. The first-order valence-corrected chi connectivity index (χ1v) is 7.24. The van der Waals surface area contributed by atoms with E-state index in [1.807, 2.05) is 6.07 Å². The lowest BCUT2D eigenvalue weighted by atomic mass is 10.00. The predicted molar refractivity (Wildman–Crippen MR) is 78.1 cm³/mol. The zero-order valence-corrected chi connectivity index (χ0v) is 11.9. The van der Waals surface area contributed by atoms with Crippen LogP contribution in [-0.2, 0) is 9.59 Å². The van der Waals surface area contributed by atoms with Gasteiger partial charge in [-0.3, -0.25) is 9.59 Å². The molecule has 1 aromatic carbocycles. The van der Waals surface area contributed by atoms with E-state index < -0.39 is 0 Å². The summed E-state index contributed by atoms with van der Waals surface area (Å²) in [5, 5.41) is 8.86. The van der Waals surface area contributed by atoms with Crippen LogP contribution in [0.25, 0.3) is 0 Å². The number of fused-ring (bicyclic) bond motifs is 1. The van der Waals surface area contributed by atoms with Crippen molar-refractivity contribution in [2.24, 2.45) is 17.8 Å². The first-order chi connectivity index (χ1) is 10.1. The Morgan fingerprint density at radius 2 is 1.90 bits per heavy atom. The van der Waals surface area contributed by atoms with Gasteiger partial charge in [-0.15, -0.1) is 0 Å². The number of nitrogen functional groups attached to an aromatic ring is 1. The van der Waals surface area contributed by atoms with Gasteiger partial charge in [-0.2, -0.15) is 5.26 Å². The molecule has 108 valence electrons. The van der Waals surface area contributed by atoms with Gasteiger partial charge < -0.3 is 5.73 Å². The Balaban J connectivity index is 1.94. The summed E-state index contributed by atoms with van der Waals surface area (Å²) < 4.78 is 0. The molecular weight excluding hydrogens is 266 g/mol. The second-order valence-corrected chi connectivity index (χ2v) is 5.86. The van der Waals surface area contributed by atoms with E-state index in [0.29, 0.717) is 22.9 Å². The normalized spacial score (nSPS) is 27.8. The molecule has 0 aromatic heterocycles. The van der Waals surface area contributed by atoms with Crippen molar-refractivity contribution in [3.8, 4) is 6.07 Å². The largest absolute Gasteiger partial charge is 0.397 e. The summed E-state index contributed by atoms with van der Waals surface area (Å²) in [5.74, 6) is -0.210. The van der Waals surface area contributed by atoms with Gasteiger partial charge in [-0.25, -0.2) is 4.90 Å². The third kappa shape index (κ3) is 1.99. The molecule has 1 saturated carbocycles. The molecule has 0 spiro atoms. The van der Waals surface area contributed by atoms with E-state index in [1.165, 1.54) is 11.0 Å². The summed E-state index contributed by atoms with van der Waals surface area (Å²) in [4.78, 5) is 26.3. The van der Waals surface area contributed by atoms with Gasteiger partial charge in [-0.1, -0.05) is 13.3 Å². The van der Waals surface area contributed by atoms with Crippen LogP contribution in [0.5, 0.6) is 0 Å². The van der Waals surface area contributed by atoms with E-state index in [-0.39, 0.29) is 23.7 Å². The maximum Gasteiger partial charge on any atom is 0.237 e. The van der Waals surface area contributed by atoms with E-state index in [4.69, 9.17) is 11.0 Å². The maximum absolute atomic E-state index is 12.6. The van der Waals surface area contributed by atoms with Crippen LogP contribution in [0, 0.1) is 29.1 Å². The third-order valence-electron chi connectivity index (χ3n) is 4.71. The standard InChI is InChI=1S/C16H17N3O2/c1-2-9-5-11-12(6-9)16(21)19(15(11)20)14-4-3-10(8-17)7-13(14)18/h3-4,7,9,11-12H,2,5-6,18H2,1H3. The highest BCUT2D eigenvalue weighted by molar-refractivity contribution is 6.23. The molecule has 1 heterocycles. The molecule has 0 radical (unpaired) electrons. The summed E-state index contributed by atoms with van der Waals surface area (Å²) in [5.41, 5.74) is 7.03. The molecule has 1 aromatic rings. The smallest absolute Gasteiger partial charge is 0.237 e. The number of nitriles is 1. The minimum Gasteiger partial charge on any atom is -0.397 e. The van der Waals surface area contributed by atoms with E-state index in [0.717, 1.165) is 19.3 Å². The molecule has 2 amide bonds. The molecule has 2 unspecified atom stereocenters. The molecule has 3 rings (SSSR count). The van der Waals surface area contributed by atoms with Crippen LogP contribution in [-0.4, -0.2) is 11.8 Å². The van der Waals surface area contributed by atoms with Crippen molar-refractivity contribution in [3.63, 3.8) is 0 Å². The number of hydrogen-bond donors (Lipinski definition) is 1. The number of carbonyl (C=O) groups excluding carboxylic acids is 2. The number of anilines is 2. The minimum absolute atomic E-state index is 0.141. The van der Waals surface area contributed by atoms with Gasteiger partial charge in [-0.05, 0) is 37.0 Å². The lowest BCUT2D eigenvalue weighted by Crippen LogP contribution is -2.32. The monoisotopic (exact) mass is 283 g/mol. The summed E-state index contributed by atoms with van der Waals surface area (Å²) in [7, 11) is 0. The SMILES string of the molecule is CCC1CC2C(=O)N(c3ccc(C#N)cc3N)C(=O)C2C1. The van der Waals surface area contributed by atoms with E-state index in [9.17, 15) is 9.59 Å². The molecule has 2 N–H and O–H groups in total. The van der Waals surface area contributed by atoms with Crippen molar-refractivity contribution in [2.75, 3.05) is 10.6 Å². The molecule has 2 fully saturated rings. The fourth-order valence-corrected chi connectivity index (χ4v) is 3.53. The maximum atomic E-state index is 12.6. The van der Waals surface area contributed by atoms with Crippen molar-refractivity contribution in [3.05, 3.63) is 23.8 Å². The van der Waals surface area contributed by atoms with Crippen molar-refractivity contribution in [2.45, 2.75) is 26.2 Å². The first-order valence-electron chi connectivity index (χ1n) is 7.24. The predicted octanol–water partition coefficient (Wildman–Crippen LogP) is 2.07. The second kappa shape index (κ2) is 4.88. The first kappa shape index (κ1) is 13.6. The fourth-order valence-electron chi connectivity index (χ4n) is 3.53. The Morgan fingerprint density at radius 1 is 1.29 bits per heavy atom. The van der Waals surface area contributed by atoms with Crippen LogP contribution in [0.4, 0.5) is 11.4 Å². The molecule has 1 aliphatic carbocycles. The molecule has 5 nitrogen and oxygen atoms in total. The Hall–Kier alpha value is -2.35. The number of imide groups is 1. The molecule has 5 heteroatoms. The lowest BCUT2D eigenvalue weighted by molar-refractivity contribution is -0.123. The summed E-state index contributed by atoms with van der Waals surface area (Å²) in [6.45, 7) is 2.09. The Bertz CT molecular complexity index is 638. The Labute approximate surface area is 123 Å². The van der Waals surface area contributed by atoms with E-state index >= 15 is 0 Å².